The average Bonchev–Trinajstić information content (AvgIpc) is 3.41. The fourth-order valence-electron chi connectivity index (χ4n) is 5.44. The van der Waals surface area contributed by atoms with E-state index in [9.17, 15) is 4.79 Å². The molecule has 0 saturated carbocycles. The molecule has 0 radical (unpaired) electrons. The van der Waals surface area contributed by atoms with E-state index in [1.54, 1.807) is 6.08 Å². The maximum Gasteiger partial charge on any atom is 0.328 e. The zero-order chi connectivity index (χ0) is 26.8. The van der Waals surface area contributed by atoms with Gasteiger partial charge >= 0.3 is 5.97 Å². The minimum absolute atomic E-state index is 0.0305. The van der Waals surface area contributed by atoms with Crippen LogP contribution in [0.3, 0.4) is 0 Å². The number of hydrogen-bond donors (Lipinski definition) is 2. The number of carboxylic acid groups (broad SMARTS) is 1. The van der Waals surface area contributed by atoms with E-state index in [2.05, 4.69) is 96.4 Å². The van der Waals surface area contributed by atoms with Gasteiger partial charge in [-0.15, -0.1) is 4.68 Å². The van der Waals surface area contributed by atoms with Gasteiger partial charge in [-0.25, -0.2) is 4.79 Å². The van der Waals surface area contributed by atoms with Crippen LogP contribution in [-0.2, 0) is 24.2 Å². The van der Waals surface area contributed by atoms with Gasteiger partial charge in [0, 0.05) is 12.1 Å². The number of H-pyrrole nitrogens is 1. The molecule has 0 bridgehead atoms. The van der Waals surface area contributed by atoms with Crippen molar-refractivity contribution in [2.24, 2.45) is 0 Å². The van der Waals surface area contributed by atoms with E-state index in [0.717, 1.165) is 41.2 Å². The third kappa shape index (κ3) is 5.11. The molecule has 6 heteroatoms. The molecule has 2 atom stereocenters. The molecule has 4 aromatic rings. The van der Waals surface area contributed by atoms with E-state index >= 15 is 0 Å². The Balaban J connectivity index is 1.61. The minimum Gasteiger partial charge on any atom is -0.478 e. The first kappa shape index (κ1) is 25.8. The van der Waals surface area contributed by atoms with E-state index in [1.807, 2.05) is 12.1 Å². The summed E-state index contributed by atoms with van der Waals surface area (Å²) in [6, 6.07) is 21.5. The number of hydrogen-bond acceptors (Lipinski definition) is 2. The van der Waals surface area contributed by atoms with Crippen molar-refractivity contribution < 1.29 is 14.6 Å². The fourth-order valence-corrected chi connectivity index (χ4v) is 5.74. The average molecular weight is 527 g/mol. The van der Waals surface area contributed by atoms with Crippen molar-refractivity contribution in [3.63, 3.8) is 0 Å². The summed E-state index contributed by atoms with van der Waals surface area (Å²) in [6.07, 6.45) is 8.83. The number of halogens is 1. The molecule has 194 valence electrons. The highest BCUT2D eigenvalue weighted by Crippen LogP contribution is 2.44. The van der Waals surface area contributed by atoms with Gasteiger partial charge < -0.3 is 10.0 Å². The highest BCUT2D eigenvalue weighted by atomic mass is 35.5. The summed E-state index contributed by atoms with van der Waals surface area (Å²) in [6.45, 7) is 7.42. The second-order valence-corrected chi connectivity index (χ2v) is 10.3. The van der Waals surface area contributed by atoms with Crippen LogP contribution in [0.2, 0.25) is 5.02 Å². The minimum atomic E-state index is -0.955. The molecule has 0 fully saturated rings. The van der Waals surface area contributed by atoms with Crippen molar-refractivity contribution in [3.8, 4) is 11.1 Å². The SMILES string of the molecule is CCc1ccc(N2C(C)Cc3cc(-c4c[nH][n+](CC)c4)ccc3C2c2ccc(/C=C/C(=O)O)cc2)c(Cl)c1. The quantitative estimate of drug-likeness (QED) is 0.205. The third-order valence-electron chi connectivity index (χ3n) is 7.43. The molecule has 38 heavy (non-hydrogen) atoms. The molecule has 1 aromatic heterocycles. The van der Waals surface area contributed by atoms with Crippen LogP contribution < -0.4 is 9.58 Å². The number of anilines is 1. The summed E-state index contributed by atoms with van der Waals surface area (Å²) in [4.78, 5) is 13.4. The molecular weight excluding hydrogens is 494 g/mol. The smallest absolute Gasteiger partial charge is 0.328 e. The van der Waals surface area contributed by atoms with Crippen LogP contribution >= 0.6 is 11.6 Å². The first-order valence-electron chi connectivity index (χ1n) is 13.2. The number of carboxylic acids is 1. The van der Waals surface area contributed by atoms with Crippen molar-refractivity contribution in [1.82, 2.24) is 5.10 Å². The lowest BCUT2D eigenvalue weighted by molar-refractivity contribution is -0.746. The van der Waals surface area contributed by atoms with Crippen LogP contribution in [0, 0.1) is 0 Å². The Kier molecular flexibility index (Phi) is 7.39. The lowest BCUT2D eigenvalue weighted by Gasteiger charge is -2.44. The molecule has 2 heterocycles. The molecule has 0 saturated heterocycles. The topological polar surface area (TPSA) is 60.2 Å². The molecule has 5 nitrogen and oxygen atoms in total. The highest BCUT2D eigenvalue weighted by Gasteiger charge is 2.34. The number of rotatable bonds is 7. The van der Waals surface area contributed by atoms with Crippen molar-refractivity contribution in [2.45, 2.75) is 52.2 Å². The van der Waals surface area contributed by atoms with Gasteiger partial charge in [0.25, 0.3) is 0 Å². The number of aliphatic carboxylic acids is 1. The van der Waals surface area contributed by atoms with E-state index in [1.165, 1.54) is 33.9 Å². The number of aryl methyl sites for hydroxylation is 2. The first-order valence-corrected chi connectivity index (χ1v) is 13.5. The maximum atomic E-state index is 11.0. The van der Waals surface area contributed by atoms with E-state index < -0.39 is 5.97 Å². The summed E-state index contributed by atoms with van der Waals surface area (Å²) < 4.78 is 2.07. The highest BCUT2D eigenvalue weighted by molar-refractivity contribution is 6.33. The Labute approximate surface area is 229 Å². The van der Waals surface area contributed by atoms with Crippen molar-refractivity contribution in [2.75, 3.05) is 4.90 Å². The predicted molar refractivity (Wildman–Crippen MR) is 154 cm³/mol. The Morgan fingerprint density at radius 1 is 1.11 bits per heavy atom. The van der Waals surface area contributed by atoms with Crippen LogP contribution in [0.5, 0.6) is 0 Å². The van der Waals surface area contributed by atoms with E-state index in [-0.39, 0.29) is 12.1 Å². The van der Waals surface area contributed by atoms with Crippen LogP contribution in [0.15, 0.2) is 79.1 Å². The molecule has 0 spiro atoms. The normalized spacial score (nSPS) is 17.1. The predicted octanol–water partition coefficient (Wildman–Crippen LogP) is 6.84. The molecule has 0 aliphatic carbocycles. The molecule has 2 unspecified atom stereocenters. The van der Waals surface area contributed by atoms with E-state index in [0.29, 0.717) is 0 Å². The molecular formula is C32H33ClN3O2+. The monoisotopic (exact) mass is 526 g/mol. The number of aromatic nitrogens is 2. The summed E-state index contributed by atoms with van der Waals surface area (Å²) in [7, 11) is 0. The number of nitrogens with one attached hydrogen (secondary N) is 1. The van der Waals surface area contributed by atoms with Gasteiger partial charge in [-0.05, 0) is 78.3 Å². The zero-order valence-corrected chi connectivity index (χ0v) is 22.7. The van der Waals surface area contributed by atoms with Gasteiger partial charge in [-0.2, -0.15) is 5.10 Å². The Morgan fingerprint density at radius 3 is 2.55 bits per heavy atom. The number of fused-ring (bicyclic) bond motifs is 1. The van der Waals surface area contributed by atoms with Crippen LogP contribution in [0.25, 0.3) is 17.2 Å². The number of nitrogens with zero attached hydrogens (tertiary/aromatic N) is 2. The molecule has 1 aliphatic heterocycles. The van der Waals surface area contributed by atoms with Gasteiger partial charge in [0.15, 0.2) is 6.54 Å². The zero-order valence-electron chi connectivity index (χ0n) is 22.0. The largest absolute Gasteiger partial charge is 0.478 e. The Hall–Kier alpha value is -3.83. The van der Waals surface area contributed by atoms with Crippen molar-refractivity contribution in [1.29, 1.82) is 0 Å². The summed E-state index contributed by atoms with van der Waals surface area (Å²) in [5, 5.41) is 13.1. The summed E-state index contributed by atoms with van der Waals surface area (Å²) in [5.41, 5.74) is 9.20. The molecule has 1 aliphatic rings. The van der Waals surface area contributed by atoms with Crippen molar-refractivity contribution >= 4 is 29.3 Å². The van der Waals surface area contributed by atoms with Crippen molar-refractivity contribution in [3.05, 3.63) is 112 Å². The summed E-state index contributed by atoms with van der Waals surface area (Å²) in [5.74, 6) is -0.955. The molecule has 2 N–H and O–H groups in total. The Morgan fingerprint density at radius 2 is 1.89 bits per heavy atom. The van der Waals surface area contributed by atoms with Crippen LogP contribution in [0.4, 0.5) is 5.69 Å². The van der Waals surface area contributed by atoms with Gasteiger partial charge in [-0.1, -0.05) is 67.1 Å². The maximum absolute atomic E-state index is 11.0. The number of carbonyl (C=O) groups is 1. The number of aromatic amines is 1. The first-order chi connectivity index (χ1) is 18.4. The van der Waals surface area contributed by atoms with Gasteiger partial charge in [0.05, 0.1) is 28.5 Å². The van der Waals surface area contributed by atoms with Gasteiger partial charge in [0.1, 0.15) is 0 Å². The Bertz CT molecular complexity index is 1490. The molecule has 5 rings (SSSR count). The molecule has 0 amide bonds. The second kappa shape index (κ2) is 10.9. The van der Waals surface area contributed by atoms with E-state index in [4.69, 9.17) is 16.7 Å². The second-order valence-electron chi connectivity index (χ2n) is 9.90. The number of benzene rings is 3. The molecule has 3 aromatic carbocycles. The third-order valence-corrected chi connectivity index (χ3v) is 7.73. The fraction of sp³-hybridized carbons (Fsp3) is 0.250. The van der Waals surface area contributed by atoms with Crippen LogP contribution in [0.1, 0.15) is 54.6 Å². The summed E-state index contributed by atoms with van der Waals surface area (Å²) >= 11 is 6.89. The lowest BCUT2D eigenvalue weighted by atomic mass is 9.83. The standard InChI is InChI=1S/C32H32ClN3O2/c1-4-22-8-14-30(29(33)17-22)36-21(3)16-26-18-25(27-19-34-35(5-2)20-27)12-13-28(26)32(36)24-10-6-23(7-11-24)9-15-31(37)38/h6-15,17-21,32H,4-5,16H2,1-3H3,(H,37,38)/p+1/b15-9+. The lowest BCUT2D eigenvalue weighted by Crippen LogP contribution is -2.43. The van der Waals surface area contributed by atoms with Crippen LogP contribution in [-0.4, -0.2) is 22.2 Å². The van der Waals surface area contributed by atoms with Gasteiger partial charge in [-0.3, -0.25) is 0 Å². The van der Waals surface area contributed by atoms with Gasteiger partial charge in [0.2, 0.25) is 6.20 Å².